The zero-order valence-electron chi connectivity index (χ0n) is 16.1. The third-order valence-electron chi connectivity index (χ3n) is 4.34. The molecule has 0 fully saturated rings. The summed E-state index contributed by atoms with van der Waals surface area (Å²) in [4.78, 5) is 8.71. The van der Waals surface area contributed by atoms with Crippen molar-refractivity contribution in [3.8, 4) is 11.4 Å². The molecule has 1 aromatic carbocycles. The van der Waals surface area contributed by atoms with Crippen LogP contribution in [-0.2, 0) is 14.6 Å². The van der Waals surface area contributed by atoms with Crippen LogP contribution >= 0.6 is 12.2 Å². The minimum Gasteiger partial charge on any atom is -0.396 e. The Bertz CT molecular complexity index is 944. The minimum atomic E-state index is -3.55. The molecule has 0 spiro atoms. The number of sulfone groups is 1. The number of aromatic nitrogens is 2. The minimum absolute atomic E-state index is 0.137. The van der Waals surface area contributed by atoms with Crippen LogP contribution in [0.4, 0.5) is 11.5 Å². The number of aliphatic hydroxyl groups excluding tert-OH is 1. The highest BCUT2D eigenvalue weighted by Crippen LogP contribution is 2.31. The number of nitrogen functional groups attached to an aromatic ring is 1. The van der Waals surface area contributed by atoms with Crippen molar-refractivity contribution in [1.29, 1.82) is 0 Å². The van der Waals surface area contributed by atoms with E-state index in [-0.39, 0.29) is 24.6 Å². The second kappa shape index (κ2) is 8.80. The Hall–Kier alpha value is -2.30. The maximum absolute atomic E-state index is 12.7. The van der Waals surface area contributed by atoms with Crippen LogP contribution < -0.4 is 16.4 Å². The predicted octanol–water partition coefficient (Wildman–Crippen LogP) is 1.67. The van der Waals surface area contributed by atoms with Gasteiger partial charge in [0.2, 0.25) is 0 Å². The highest BCUT2D eigenvalue weighted by molar-refractivity contribution is 7.92. The van der Waals surface area contributed by atoms with Crippen LogP contribution in [0.1, 0.15) is 26.0 Å². The zero-order valence-corrected chi connectivity index (χ0v) is 17.7. The number of hydrogen-bond acceptors (Lipinski definition) is 7. The predicted molar refractivity (Wildman–Crippen MR) is 116 cm³/mol. The van der Waals surface area contributed by atoms with E-state index in [9.17, 15) is 8.42 Å². The van der Waals surface area contributed by atoms with Gasteiger partial charge in [-0.05, 0) is 56.8 Å². The second-order valence-corrected chi connectivity index (χ2v) is 9.76. The summed E-state index contributed by atoms with van der Waals surface area (Å²) in [6.45, 7) is 2.97. The summed E-state index contributed by atoms with van der Waals surface area (Å²) in [5, 5.41) is 15.3. The van der Waals surface area contributed by atoms with Crippen molar-refractivity contribution in [2.45, 2.75) is 25.0 Å². The molecule has 152 valence electrons. The molecular formula is C18H25N5O3S2. The molecule has 1 aromatic heterocycles. The van der Waals surface area contributed by atoms with Gasteiger partial charge in [-0.2, -0.15) is 0 Å². The van der Waals surface area contributed by atoms with Crippen molar-refractivity contribution in [2.24, 2.45) is 0 Å². The molecule has 0 aliphatic heterocycles. The Morgan fingerprint density at radius 2 is 1.89 bits per heavy atom. The summed E-state index contributed by atoms with van der Waals surface area (Å²) >= 11 is 5.07. The third-order valence-corrected chi connectivity index (χ3v) is 7.24. The number of rotatable bonds is 7. The topological polar surface area (TPSA) is 130 Å². The fourth-order valence-corrected chi connectivity index (χ4v) is 4.03. The van der Waals surface area contributed by atoms with E-state index in [4.69, 9.17) is 23.1 Å². The van der Waals surface area contributed by atoms with Crippen LogP contribution in [0.25, 0.3) is 11.4 Å². The molecular weight excluding hydrogens is 398 g/mol. The number of nitrogens with two attached hydrogens (primary N) is 1. The van der Waals surface area contributed by atoms with E-state index in [1.165, 1.54) is 6.07 Å². The molecule has 10 heteroatoms. The van der Waals surface area contributed by atoms with Crippen LogP contribution in [0.5, 0.6) is 0 Å². The van der Waals surface area contributed by atoms with Crippen molar-refractivity contribution in [2.75, 3.05) is 30.5 Å². The van der Waals surface area contributed by atoms with E-state index < -0.39 is 14.6 Å². The molecule has 0 atom stereocenters. The maximum Gasteiger partial charge on any atom is 0.170 e. The number of thiocarbonyl (C=S) groups is 1. The fourth-order valence-electron chi connectivity index (χ4n) is 2.47. The first kappa shape index (κ1) is 22.0. The Kier molecular flexibility index (Phi) is 6.91. The van der Waals surface area contributed by atoms with Gasteiger partial charge in [-0.25, -0.2) is 18.4 Å². The van der Waals surface area contributed by atoms with Gasteiger partial charge in [-0.15, -0.1) is 0 Å². The quantitative estimate of drug-likeness (QED) is 0.491. The SMILES string of the molecule is CNC(=S)Nc1ccc(-c2nc(N)cc(C(C)(C)S(=O)(=O)CCCO)n2)cc1. The van der Waals surface area contributed by atoms with Gasteiger partial charge in [-0.3, -0.25) is 0 Å². The molecule has 1 heterocycles. The molecule has 0 saturated heterocycles. The Morgan fingerprint density at radius 1 is 1.25 bits per heavy atom. The van der Waals surface area contributed by atoms with Crippen LogP contribution in [0.15, 0.2) is 30.3 Å². The van der Waals surface area contributed by atoms with Gasteiger partial charge in [0.25, 0.3) is 0 Å². The molecule has 0 aliphatic rings. The molecule has 0 bridgehead atoms. The van der Waals surface area contributed by atoms with Gasteiger partial charge in [-0.1, -0.05) is 0 Å². The maximum atomic E-state index is 12.7. The molecule has 5 N–H and O–H groups in total. The van der Waals surface area contributed by atoms with Crippen molar-refractivity contribution >= 4 is 38.7 Å². The highest BCUT2D eigenvalue weighted by Gasteiger charge is 2.37. The number of nitrogens with one attached hydrogen (secondary N) is 2. The summed E-state index contributed by atoms with van der Waals surface area (Å²) in [6.07, 6.45) is 0.169. The smallest absolute Gasteiger partial charge is 0.170 e. The average Bonchev–Trinajstić information content (AvgIpc) is 2.66. The van der Waals surface area contributed by atoms with Crippen molar-refractivity contribution in [1.82, 2.24) is 15.3 Å². The highest BCUT2D eigenvalue weighted by atomic mass is 32.2. The van der Waals surface area contributed by atoms with E-state index >= 15 is 0 Å². The Morgan fingerprint density at radius 3 is 2.46 bits per heavy atom. The Labute approximate surface area is 170 Å². The van der Waals surface area contributed by atoms with E-state index in [1.54, 1.807) is 33.0 Å². The first-order chi connectivity index (χ1) is 13.1. The molecule has 2 aromatic rings. The van der Waals surface area contributed by atoms with Gasteiger partial charge < -0.3 is 21.5 Å². The van der Waals surface area contributed by atoms with E-state index in [0.29, 0.717) is 22.2 Å². The monoisotopic (exact) mass is 423 g/mol. The molecule has 0 aliphatic carbocycles. The van der Waals surface area contributed by atoms with Gasteiger partial charge in [0.15, 0.2) is 20.8 Å². The van der Waals surface area contributed by atoms with Gasteiger partial charge in [0.05, 0.1) is 11.4 Å². The summed E-state index contributed by atoms with van der Waals surface area (Å²) in [7, 11) is -1.83. The average molecular weight is 424 g/mol. The molecule has 28 heavy (non-hydrogen) atoms. The number of hydrogen-bond donors (Lipinski definition) is 4. The van der Waals surface area contributed by atoms with E-state index in [2.05, 4.69) is 20.6 Å². The van der Waals surface area contributed by atoms with Crippen LogP contribution in [0.3, 0.4) is 0 Å². The lowest BCUT2D eigenvalue weighted by Crippen LogP contribution is -2.33. The van der Waals surface area contributed by atoms with Crippen molar-refractivity contribution in [3.05, 3.63) is 36.0 Å². The first-order valence-corrected chi connectivity index (χ1v) is 10.7. The second-order valence-electron chi connectivity index (χ2n) is 6.69. The summed E-state index contributed by atoms with van der Waals surface area (Å²) in [5.41, 5.74) is 7.72. The van der Waals surface area contributed by atoms with Crippen LogP contribution in [0.2, 0.25) is 0 Å². The lowest BCUT2D eigenvalue weighted by atomic mass is 10.1. The Balaban J connectivity index is 2.39. The number of anilines is 2. The number of nitrogens with zero attached hydrogens (tertiary/aromatic N) is 2. The normalized spacial score (nSPS) is 11.9. The summed E-state index contributed by atoms with van der Waals surface area (Å²) < 4.78 is 24.1. The van der Waals surface area contributed by atoms with E-state index in [1.807, 2.05) is 12.1 Å². The van der Waals surface area contributed by atoms with Crippen LogP contribution in [-0.4, -0.2) is 48.0 Å². The van der Waals surface area contributed by atoms with Gasteiger partial charge >= 0.3 is 0 Å². The number of aliphatic hydroxyl groups is 1. The molecule has 0 saturated carbocycles. The standard InChI is InChI=1S/C18H25N5O3S2/c1-18(2,28(25,26)10-4-9-24)14-11-15(19)23-16(22-14)12-5-7-13(8-6-12)21-17(27)20-3/h5-8,11,24H,4,9-10H2,1-3H3,(H2,19,22,23)(H2,20,21,27). The molecule has 0 unspecified atom stereocenters. The first-order valence-electron chi connectivity index (χ1n) is 8.68. The zero-order chi connectivity index (χ0) is 20.9. The van der Waals surface area contributed by atoms with Crippen molar-refractivity contribution in [3.63, 3.8) is 0 Å². The largest absolute Gasteiger partial charge is 0.396 e. The van der Waals surface area contributed by atoms with Gasteiger partial charge in [0.1, 0.15) is 10.6 Å². The van der Waals surface area contributed by atoms with Crippen molar-refractivity contribution < 1.29 is 13.5 Å². The van der Waals surface area contributed by atoms with Crippen LogP contribution in [0, 0.1) is 0 Å². The lowest BCUT2D eigenvalue weighted by Gasteiger charge is -2.25. The summed E-state index contributed by atoms with van der Waals surface area (Å²) in [6, 6.07) is 8.70. The number of benzene rings is 1. The van der Waals surface area contributed by atoms with Gasteiger partial charge in [0, 0.05) is 31.0 Å². The molecule has 0 radical (unpaired) electrons. The fraction of sp³-hybridized carbons (Fsp3) is 0.389. The molecule has 2 rings (SSSR count). The summed E-state index contributed by atoms with van der Waals surface area (Å²) in [5.74, 6) is 0.383. The molecule has 0 amide bonds. The third kappa shape index (κ3) is 4.94. The molecule has 8 nitrogen and oxygen atoms in total. The lowest BCUT2D eigenvalue weighted by molar-refractivity contribution is 0.295. The van der Waals surface area contributed by atoms with E-state index in [0.717, 1.165) is 5.69 Å².